The summed E-state index contributed by atoms with van der Waals surface area (Å²) in [7, 11) is 0. The standard InChI is InChI=1S/C14H21NO/c1-14(2,3)9-10-8-12(15)11-6-4-5-7-13(11)16-10/h4-7,10,12H,8-9,15H2,1-3H3/t10?,12-/m1/s1. The fourth-order valence-corrected chi connectivity index (χ4v) is 2.34. The van der Waals surface area contributed by atoms with Crippen molar-refractivity contribution in [2.24, 2.45) is 11.1 Å². The highest BCUT2D eigenvalue weighted by Gasteiger charge is 2.28. The molecule has 2 rings (SSSR count). The largest absolute Gasteiger partial charge is 0.490 e. The Balaban J connectivity index is 2.15. The smallest absolute Gasteiger partial charge is 0.124 e. The number of rotatable bonds is 1. The van der Waals surface area contributed by atoms with Crippen LogP contribution in [0.2, 0.25) is 0 Å². The molecule has 2 heteroatoms. The molecule has 0 aliphatic carbocycles. The second-order valence-electron chi connectivity index (χ2n) is 5.88. The Bertz CT molecular complexity index is 367. The van der Waals surface area contributed by atoms with Gasteiger partial charge in [-0.1, -0.05) is 39.0 Å². The van der Waals surface area contributed by atoms with Crippen LogP contribution in [-0.2, 0) is 0 Å². The SMILES string of the molecule is CC(C)(C)CC1C[C@@H](N)c2ccccc2O1. The lowest BCUT2D eigenvalue weighted by Crippen LogP contribution is -2.32. The van der Waals surface area contributed by atoms with E-state index in [0.29, 0.717) is 0 Å². The minimum atomic E-state index is 0.122. The van der Waals surface area contributed by atoms with Gasteiger partial charge in [-0.15, -0.1) is 0 Å². The van der Waals surface area contributed by atoms with E-state index in [1.807, 2.05) is 18.2 Å². The molecule has 16 heavy (non-hydrogen) atoms. The van der Waals surface area contributed by atoms with Gasteiger partial charge in [-0.3, -0.25) is 0 Å². The van der Waals surface area contributed by atoms with Crippen molar-refractivity contribution in [1.82, 2.24) is 0 Å². The summed E-state index contributed by atoms with van der Waals surface area (Å²) in [6.07, 6.45) is 2.23. The molecular formula is C14H21NO. The predicted octanol–water partition coefficient (Wildman–Crippen LogP) is 3.27. The molecule has 1 aromatic carbocycles. The van der Waals surface area contributed by atoms with Crippen LogP contribution in [0.1, 0.15) is 45.2 Å². The van der Waals surface area contributed by atoms with E-state index in [-0.39, 0.29) is 17.6 Å². The first-order valence-corrected chi connectivity index (χ1v) is 5.97. The molecule has 0 fully saturated rings. The fraction of sp³-hybridized carbons (Fsp3) is 0.571. The third-order valence-corrected chi connectivity index (χ3v) is 2.97. The first-order chi connectivity index (χ1) is 7.46. The van der Waals surface area contributed by atoms with Crippen molar-refractivity contribution in [2.45, 2.75) is 45.8 Å². The molecule has 1 unspecified atom stereocenters. The van der Waals surface area contributed by atoms with Gasteiger partial charge in [0, 0.05) is 18.0 Å². The monoisotopic (exact) mass is 219 g/mol. The number of hydrogen-bond acceptors (Lipinski definition) is 2. The van der Waals surface area contributed by atoms with Crippen molar-refractivity contribution in [1.29, 1.82) is 0 Å². The van der Waals surface area contributed by atoms with Gasteiger partial charge < -0.3 is 10.5 Å². The zero-order valence-electron chi connectivity index (χ0n) is 10.4. The highest BCUT2D eigenvalue weighted by molar-refractivity contribution is 5.37. The summed E-state index contributed by atoms with van der Waals surface area (Å²) in [4.78, 5) is 0. The van der Waals surface area contributed by atoms with Crippen LogP contribution in [0.5, 0.6) is 5.75 Å². The average molecular weight is 219 g/mol. The van der Waals surface area contributed by atoms with Gasteiger partial charge in [-0.05, 0) is 17.9 Å². The lowest BCUT2D eigenvalue weighted by Gasteiger charge is -2.33. The molecule has 1 heterocycles. The molecule has 0 spiro atoms. The molecule has 0 aromatic heterocycles. The van der Waals surface area contributed by atoms with Crippen molar-refractivity contribution in [3.63, 3.8) is 0 Å². The van der Waals surface area contributed by atoms with Gasteiger partial charge in [-0.25, -0.2) is 0 Å². The van der Waals surface area contributed by atoms with Crippen molar-refractivity contribution >= 4 is 0 Å². The van der Waals surface area contributed by atoms with Gasteiger partial charge in [0.25, 0.3) is 0 Å². The number of para-hydroxylation sites is 1. The molecule has 0 radical (unpaired) electrons. The molecule has 0 saturated heterocycles. The van der Waals surface area contributed by atoms with Crippen molar-refractivity contribution in [3.05, 3.63) is 29.8 Å². The maximum absolute atomic E-state index is 6.18. The lowest BCUT2D eigenvalue weighted by atomic mass is 9.85. The third kappa shape index (κ3) is 2.56. The van der Waals surface area contributed by atoms with Gasteiger partial charge in [-0.2, -0.15) is 0 Å². The summed E-state index contributed by atoms with van der Waals surface area (Å²) in [5.41, 5.74) is 7.61. The summed E-state index contributed by atoms with van der Waals surface area (Å²) in [5.74, 6) is 0.968. The molecule has 1 aliphatic rings. The molecule has 0 amide bonds. The van der Waals surface area contributed by atoms with Crippen LogP contribution in [-0.4, -0.2) is 6.10 Å². The van der Waals surface area contributed by atoms with Gasteiger partial charge in [0.05, 0.1) is 0 Å². The summed E-state index contributed by atoms with van der Waals surface area (Å²) in [6, 6.07) is 8.23. The second kappa shape index (κ2) is 4.10. The van der Waals surface area contributed by atoms with E-state index in [4.69, 9.17) is 10.5 Å². The van der Waals surface area contributed by atoms with Crippen molar-refractivity contribution in [3.8, 4) is 5.75 Å². The maximum Gasteiger partial charge on any atom is 0.124 e. The quantitative estimate of drug-likeness (QED) is 0.786. The first-order valence-electron chi connectivity index (χ1n) is 5.97. The number of benzene rings is 1. The molecule has 2 atom stereocenters. The minimum Gasteiger partial charge on any atom is -0.490 e. The number of nitrogens with two attached hydrogens (primary N) is 1. The molecule has 0 saturated carbocycles. The summed E-state index contributed by atoms with van der Waals surface area (Å²) in [5, 5.41) is 0. The van der Waals surface area contributed by atoms with E-state index >= 15 is 0 Å². The first kappa shape index (κ1) is 11.5. The van der Waals surface area contributed by atoms with Crippen LogP contribution in [0.4, 0.5) is 0 Å². The Labute approximate surface area is 97.8 Å². The Morgan fingerprint density at radius 1 is 1.31 bits per heavy atom. The van der Waals surface area contributed by atoms with Crippen LogP contribution in [0, 0.1) is 5.41 Å². The van der Waals surface area contributed by atoms with E-state index in [1.165, 1.54) is 0 Å². The summed E-state index contributed by atoms with van der Waals surface area (Å²) >= 11 is 0. The molecule has 1 aliphatic heterocycles. The van der Waals surface area contributed by atoms with Crippen LogP contribution in [0.15, 0.2) is 24.3 Å². The van der Waals surface area contributed by atoms with E-state index in [2.05, 4.69) is 26.8 Å². The molecule has 88 valence electrons. The summed E-state index contributed by atoms with van der Waals surface area (Å²) in [6.45, 7) is 6.72. The number of ether oxygens (including phenoxy) is 1. The van der Waals surface area contributed by atoms with Gasteiger partial charge >= 0.3 is 0 Å². The van der Waals surface area contributed by atoms with Crippen LogP contribution in [0.25, 0.3) is 0 Å². The topological polar surface area (TPSA) is 35.2 Å². The van der Waals surface area contributed by atoms with Gasteiger partial charge in [0.15, 0.2) is 0 Å². The molecule has 1 aromatic rings. The minimum absolute atomic E-state index is 0.122. The van der Waals surface area contributed by atoms with E-state index in [9.17, 15) is 0 Å². The highest BCUT2D eigenvalue weighted by Crippen LogP contribution is 2.36. The predicted molar refractivity (Wildman–Crippen MR) is 66.5 cm³/mol. The molecular weight excluding hydrogens is 198 g/mol. The zero-order chi connectivity index (χ0) is 11.8. The fourth-order valence-electron chi connectivity index (χ4n) is 2.34. The average Bonchev–Trinajstić information content (AvgIpc) is 2.15. The Kier molecular flexibility index (Phi) is 2.94. The zero-order valence-corrected chi connectivity index (χ0v) is 10.4. The second-order valence-corrected chi connectivity index (χ2v) is 5.88. The Morgan fingerprint density at radius 3 is 2.69 bits per heavy atom. The summed E-state index contributed by atoms with van der Waals surface area (Å²) < 4.78 is 6.00. The third-order valence-electron chi connectivity index (χ3n) is 2.97. The lowest BCUT2D eigenvalue weighted by molar-refractivity contribution is 0.112. The number of fused-ring (bicyclic) bond motifs is 1. The Morgan fingerprint density at radius 2 is 2.00 bits per heavy atom. The molecule has 2 nitrogen and oxygen atoms in total. The Hall–Kier alpha value is -1.02. The maximum atomic E-state index is 6.18. The van der Waals surface area contributed by atoms with Crippen LogP contribution < -0.4 is 10.5 Å². The molecule has 2 N–H and O–H groups in total. The van der Waals surface area contributed by atoms with E-state index in [1.54, 1.807) is 0 Å². The number of hydrogen-bond donors (Lipinski definition) is 1. The van der Waals surface area contributed by atoms with Crippen LogP contribution >= 0.6 is 0 Å². The van der Waals surface area contributed by atoms with Crippen molar-refractivity contribution < 1.29 is 4.74 Å². The van der Waals surface area contributed by atoms with E-state index in [0.717, 1.165) is 24.2 Å². The van der Waals surface area contributed by atoms with Gasteiger partial charge in [0.1, 0.15) is 11.9 Å². The van der Waals surface area contributed by atoms with E-state index < -0.39 is 0 Å². The normalized spacial score (nSPS) is 24.8. The molecule has 0 bridgehead atoms. The van der Waals surface area contributed by atoms with Crippen molar-refractivity contribution in [2.75, 3.05) is 0 Å². The highest BCUT2D eigenvalue weighted by atomic mass is 16.5. The van der Waals surface area contributed by atoms with Crippen LogP contribution in [0.3, 0.4) is 0 Å². The van der Waals surface area contributed by atoms with Gasteiger partial charge in [0.2, 0.25) is 0 Å².